The molecule has 41 heavy (non-hydrogen) atoms. The summed E-state index contributed by atoms with van der Waals surface area (Å²) in [4.78, 5) is 28.8. The lowest BCUT2D eigenvalue weighted by Crippen LogP contribution is -2.59. The van der Waals surface area contributed by atoms with Gasteiger partial charge >= 0.3 is 6.03 Å². The van der Waals surface area contributed by atoms with E-state index < -0.39 is 11.4 Å². The molecule has 2 fully saturated rings. The van der Waals surface area contributed by atoms with Crippen LogP contribution in [0.25, 0.3) is 0 Å². The van der Waals surface area contributed by atoms with Gasteiger partial charge in [0.25, 0.3) is 0 Å². The van der Waals surface area contributed by atoms with Crippen molar-refractivity contribution < 1.29 is 18.7 Å². The van der Waals surface area contributed by atoms with E-state index in [0.717, 1.165) is 38.6 Å². The lowest BCUT2D eigenvalue weighted by atomic mass is 9.70. The number of likely N-dealkylation sites (N-methyl/N-ethyl adjacent to an activating group) is 1. The standard InChI is InChI=1S/C32H52ClFN4O3/c1-23(2)30(39)37-32(17-8-9-19-41-4,27-15-10-16-28(33)29(27)34)25-14-11-18-38(22-25)31(40)36-26(21-35-3)20-24-12-6-5-7-13-24/h10,15-16,23-26,35H,5-9,11-14,17-22H2,1-4H3,(H,36,40)(H,37,39). The lowest BCUT2D eigenvalue weighted by Gasteiger charge is -2.47. The number of halogens is 2. The topological polar surface area (TPSA) is 82.7 Å². The van der Waals surface area contributed by atoms with Crippen LogP contribution in [0.5, 0.6) is 0 Å². The molecule has 232 valence electrons. The summed E-state index contributed by atoms with van der Waals surface area (Å²) in [6.45, 7) is 6.05. The van der Waals surface area contributed by atoms with E-state index in [-0.39, 0.29) is 34.8 Å². The summed E-state index contributed by atoms with van der Waals surface area (Å²) in [5.74, 6) is -0.456. The molecular weight excluding hydrogens is 543 g/mol. The Morgan fingerprint density at radius 3 is 2.59 bits per heavy atom. The Balaban J connectivity index is 1.88. The third-order valence-electron chi connectivity index (χ3n) is 9.00. The molecule has 9 heteroatoms. The van der Waals surface area contributed by atoms with E-state index in [9.17, 15) is 9.59 Å². The first kappa shape index (κ1) is 33.6. The number of hydrogen-bond acceptors (Lipinski definition) is 4. The normalized spacial score (nSPS) is 20.5. The smallest absolute Gasteiger partial charge is 0.317 e. The van der Waals surface area contributed by atoms with E-state index in [1.807, 2.05) is 25.8 Å². The van der Waals surface area contributed by atoms with Crippen molar-refractivity contribution in [3.63, 3.8) is 0 Å². The minimum Gasteiger partial charge on any atom is -0.385 e. The summed E-state index contributed by atoms with van der Waals surface area (Å²) in [6.07, 6.45) is 10.9. The SMILES string of the molecule is CNCC(CC1CCCCC1)NC(=O)N1CCCC(C(CCCCOC)(NC(=O)C(C)C)c2cccc(Cl)c2F)C1. The fourth-order valence-corrected chi connectivity index (χ4v) is 6.92. The van der Waals surface area contributed by atoms with Crippen molar-refractivity contribution in [1.82, 2.24) is 20.9 Å². The molecule has 3 unspecified atom stereocenters. The number of benzene rings is 1. The molecule has 1 heterocycles. The van der Waals surface area contributed by atoms with Crippen LogP contribution >= 0.6 is 11.6 Å². The Hall–Kier alpha value is -1.90. The highest BCUT2D eigenvalue weighted by Gasteiger charge is 2.46. The number of rotatable bonds is 14. The van der Waals surface area contributed by atoms with Gasteiger partial charge in [-0.25, -0.2) is 9.18 Å². The van der Waals surface area contributed by atoms with E-state index in [4.69, 9.17) is 16.3 Å². The molecule has 1 saturated heterocycles. The van der Waals surface area contributed by atoms with Crippen LogP contribution in [0.2, 0.25) is 5.02 Å². The maximum Gasteiger partial charge on any atom is 0.317 e. The van der Waals surface area contributed by atoms with Gasteiger partial charge in [0.2, 0.25) is 5.91 Å². The molecule has 1 saturated carbocycles. The predicted molar refractivity (Wildman–Crippen MR) is 164 cm³/mol. The van der Waals surface area contributed by atoms with Crippen molar-refractivity contribution in [3.8, 4) is 0 Å². The number of unbranched alkanes of at least 4 members (excludes halogenated alkanes) is 1. The molecule has 0 aromatic heterocycles. The molecule has 7 nitrogen and oxygen atoms in total. The number of nitrogens with zero attached hydrogens (tertiary/aromatic N) is 1. The summed E-state index contributed by atoms with van der Waals surface area (Å²) < 4.78 is 21.1. The number of carbonyl (C=O) groups is 2. The highest BCUT2D eigenvalue weighted by atomic mass is 35.5. The number of amides is 3. The van der Waals surface area contributed by atoms with E-state index >= 15 is 4.39 Å². The maximum absolute atomic E-state index is 15.8. The van der Waals surface area contributed by atoms with Crippen molar-refractivity contribution in [1.29, 1.82) is 0 Å². The van der Waals surface area contributed by atoms with Gasteiger partial charge < -0.3 is 25.6 Å². The number of ether oxygens (including phenoxy) is 1. The second-order valence-electron chi connectivity index (χ2n) is 12.4. The minimum atomic E-state index is -1.00. The largest absolute Gasteiger partial charge is 0.385 e. The summed E-state index contributed by atoms with van der Waals surface area (Å²) >= 11 is 6.30. The average molecular weight is 595 g/mol. The summed E-state index contributed by atoms with van der Waals surface area (Å²) in [7, 11) is 3.59. The zero-order valence-electron chi connectivity index (χ0n) is 25.6. The molecule has 1 aromatic rings. The van der Waals surface area contributed by atoms with Gasteiger partial charge in [-0.2, -0.15) is 0 Å². The number of urea groups is 1. The number of methoxy groups -OCH3 is 1. The highest BCUT2D eigenvalue weighted by Crippen LogP contribution is 2.42. The molecule has 0 spiro atoms. The first-order chi connectivity index (χ1) is 19.7. The van der Waals surface area contributed by atoms with Gasteiger partial charge in [0.05, 0.1) is 10.6 Å². The van der Waals surface area contributed by atoms with Crippen LogP contribution in [-0.4, -0.2) is 63.3 Å². The maximum atomic E-state index is 15.8. The van der Waals surface area contributed by atoms with Crippen molar-refractivity contribution >= 4 is 23.5 Å². The number of hydrogen-bond donors (Lipinski definition) is 3. The van der Waals surface area contributed by atoms with Gasteiger partial charge in [0, 0.05) is 56.8 Å². The van der Waals surface area contributed by atoms with Gasteiger partial charge in [-0.3, -0.25) is 4.79 Å². The minimum absolute atomic E-state index is 0.0330. The first-order valence-electron chi connectivity index (χ1n) is 15.7. The van der Waals surface area contributed by atoms with Crippen LogP contribution in [0.4, 0.5) is 9.18 Å². The summed E-state index contributed by atoms with van der Waals surface area (Å²) in [5.41, 5.74) is -0.607. The van der Waals surface area contributed by atoms with Crippen LogP contribution in [0.15, 0.2) is 18.2 Å². The predicted octanol–water partition coefficient (Wildman–Crippen LogP) is 6.24. The van der Waals surface area contributed by atoms with Gasteiger partial charge in [0.15, 0.2) is 0 Å². The zero-order valence-corrected chi connectivity index (χ0v) is 26.3. The molecule has 3 amide bonds. The van der Waals surface area contributed by atoms with E-state index in [1.54, 1.807) is 19.2 Å². The Morgan fingerprint density at radius 2 is 1.90 bits per heavy atom. The van der Waals surface area contributed by atoms with Crippen LogP contribution in [-0.2, 0) is 15.1 Å². The van der Waals surface area contributed by atoms with Crippen molar-refractivity contribution in [3.05, 3.63) is 34.6 Å². The number of piperidine rings is 1. The summed E-state index contributed by atoms with van der Waals surface area (Å²) in [6, 6.07) is 4.99. The molecule has 3 N–H and O–H groups in total. The average Bonchev–Trinajstić information content (AvgIpc) is 2.96. The third kappa shape index (κ3) is 9.29. The number of nitrogens with one attached hydrogen (secondary N) is 3. The Kier molecular flexibility index (Phi) is 13.7. The summed E-state index contributed by atoms with van der Waals surface area (Å²) in [5, 5.41) is 9.89. The fraction of sp³-hybridized carbons (Fsp3) is 0.750. The number of carbonyl (C=O) groups excluding carboxylic acids is 2. The van der Waals surface area contributed by atoms with Crippen LogP contribution < -0.4 is 16.0 Å². The van der Waals surface area contributed by atoms with Crippen LogP contribution in [0.3, 0.4) is 0 Å². The van der Waals surface area contributed by atoms with Gasteiger partial charge in [0.1, 0.15) is 5.82 Å². The Morgan fingerprint density at radius 1 is 1.15 bits per heavy atom. The number of likely N-dealkylation sites (tertiary alicyclic amines) is 1. The van der Waals surface area contributed by atoms with Crippen molar-refractivity contribution in [2.45, 2.75) is 96.1 Å². The molecule has 0 bridgehead atoms. The molecule has 1 aliphatic carbocycles. The third-order valence-corrected chi connectivity index (χ3v) is 9.29. The van der Waals surface area contributed by atoms with Gasteiger partial charge in [-0.1, -0.05) is 69.7 Å². The molecule has 1 aromatic carbocycles. The van der Waals surface area contributed by atoms with Crippen LogP contribution in [0.1, 0.15) is 90.0 Å². The molecular formula is C32H52ClFN4O3. The fourth-order valence-electron chi connectivity index (χ4n) is 6.75. The Labute approximate surface area is 251 Å². The quantitative estimate of drug-likeness (QED) is 0.223. The molecule has 3 atom stereocenters. The Bertz CT molecular complexity index is 974. The second-order valence-corrected chi connectivity index (χ2v) is 12.8. The first-order valence-corrected chi connectivity index (χ1v) is 16.0. The van der Waals surface area contributed by atoms with E-state index in [2.05, 4.69) is 16.0 Å². The molecule has 3 rings (SSSR count). The second kappa shape index (κ2) is 16.7. The molecule has 2 aliphatic rings. The monoisotopic (exact) mass is 594 g/mol. The molecule has 0 radical (unpaired) electrons. The van der Waals surface area contributed by atoms with Gasteiger partial charge in [-0.05, 0) is 57.6 Å². The van der Waals surface area contributed by atoms with Crippen molar-refractivity contribution in [2.75, 3.05) is 40.4 Å². The molecule has 1 aliphatic heterocycles. The van der Waals surface area contributed by atoms with Crippen LogP contribution in [0, 0.1) is 23.6 Å². The highest BCUT2D eigenvalue weighted by molar-refractivity contribution is 6.30. The zero-order chi connectivity index (χ0) is 29.8. The van der Waals surface area contributed by atoms with E-state index in [0.29, 0.717) is 37.6 Å². The lowest BCUT2D eigenvalue weighted by molar-refractivity contribution is -0.127. The van der Waals surface area contributed by atoms with Gasteiger partial charge in [-0.15, -0.1) is 0 Å². The van der Waals surface area contributed by atoms with Crippen molar-refractivity contribution in [2.24, 2.45) is 17.8 Å². The van der Waals surface area contributed by atoms with E-state index in [1.165, 1.54) is 38.2 Å².